The van der Waals surface area contributed by atoms with Crippen molar-refractivity contribution in [3.8, 4) is 0 Å². The van der Waals surface area contributed by atoms with Crippen molar-refractivity contribution in [1.82, 2.24) is 9.97 Å². The summed E-state index contributed by atoms with van der Waals surface area (Å²) in [6.45, 7) is 3.89. The normalized spacial score (nSPS) is 12.4. The van der Waals surface area contributed by atoms with Gasteiger partial charge in [0.15, 0.2) is 0 Å². The Hall–Kier alpha value is -2.04. The lowest BCUT2D eigenvalue weighted by Crippen LogP contribution is -2.09. The highest BCUT2D eigenvalue weighted by atomic mass is 16.3. The summed E-state index contributed by atoms with van der Waals surface area (Å²) in [4.78, 5) is 8.13. The molecule has 2 aromatic heterocycles. The summed E-state index contributed by atoms with van der Waals surface area (Å²) in [5, 5.41) is 3.12. The molecule has 16 heavy (non-hydrogen) atoms. The molecule has 0 aliphatic carbocycles. The molecule has 0 saturated heterocycles. The first-order valence-electron chi connectivity index (χ1n) is 5.06. The molecule has 0 amide bonds. The molecule has 84 valence electrons. The molecule has 0 aromatic carbocycles. The van der Waals surface area contributed by atoms with Crippen molar-refractivity contribution in [1.29, 1.82) is 0 Å². The number of nitrogens with one attached hydrogen (secondary N) is 1. The van der Waals surface area contributed by atoms with E-state index in [2.05, 4.69) is 15.3 Å². The first-order valence-corrected chi connectivity index (χ1v) is 5.06. The molecule has 0 aliphatic rings. The maximum Gasteiger partial charge on any atom is 0.225 e. The van der Waals surface area contributed by atoms with Crippen LogP contribution in [0, 0.1) is 6.92 Å². The van der Waals surface area contributed by atoms with E-state index < -0.39 is 0 Å². The van der Waals surface area contributed by atoms with E-state index in [4.69, 9.17) is 10.2 Å². The predicted octanol–water partition coefficient (Wildman–Crippen LogP) is 2.13. The fourth-order valence-corrected chi connectivity index (χ4v) is 1.39. The number of nitrogens with zero attached hydrogens (tertiary/aromatic N) is 2. The minimum Gasteiger partial charge on any atom is -0.464 e. The number of hydrogen-bond acceptors (Lipinski definition) is 5. The van der Waals surface area contributed by atoms with E-state index >= 15 is 0 Å². The minimum atomic E-state index is 0.00972. The third-order valence-corrected chi connectivity index (χ3v) is 2.21. The van der Waals surface area contributed by atoms with Crippen molar-refractivity contribution in [2.75, 3.05) is 11.1 Å². The van der Waals surface area contributed by atoms with Crippen LogP contribution in [0.2, 0.25) is 0 Å². The van der Waals surface area contributed by atoms with E-state index in [1.54, 1.807) is 12.3 Å². The van der Waals surface area contributed by atoms with Crippen LogP contribution < -0.4 is 11.1 Å². The summed E-state index contributed by atoms with van der Waals surface area (Å²) in [5.74, 6) is 2.68. The van der Waals surface area contributed by atoms with Crippen LogP contribution in [0.4, 0.5) is 11.8 Å². The third kappa shape index (κ3) is 2.31. The Morgan fingerprint density at radius 3 is 2.81 bits per heavy atom. The molecule has 5 nitrogen and oxygen atoms in total. The van der Waals surface area contributed by atoms with Gasteiger partial charge >= 0.3 is 0 Å². The van der Waals surface area contributed by atoms with Crippen molar-refractivity contribution in [3.05, 3.63) is 35.9 Å². The van der Waals surface area contributed by atoms with Crippen molar-refractivity contribution in [2.45, 2.75) is 19.9 Å². The molecule has 0 saturated carbocycles. The Labute approximate surface area is 93.7 Å². The molecule has 0 spiro atoms. The molecule has 0 fully saturated rings. The Morgan fingerprint density at radius 1 is 1.38 bits per heavy atom. The van der Waals surface area contributed by atoms with Gasteiger partial charge in [0.2, 0.25) is 5.95 Å². The lowest BCUT2D eigenvalue weighted by Gasteiger charge is -2.10. The Balaban J connectivity index is 2.10. The summed E-state index contributed by atoms with van der Waals surface area (Å²) >= 11 is 0. The second-order valence-corrected chi connectivity index (χ2v) is 3.62. The highest BCUT2D eigenvalue weighted by molar-refractivity contribution is 5.36. The number of hydrogen-bond donors (Lipinski definition) is 2. The van der Waals surface area contributed by atoms with Gasteiger partial charge in [-0.05, 0) is 32.0 Å². The quantitative estimate of drug-likeness (QED) is 0.825. The van der Waals surface area contributed by atoms with Crippen LogP contribution in [0.5, 0.6) is 0 Å². The minimum absolute atomic E-state index is 0.00972. The van der Waals surface area contributed by atoms with Crippen LogP contribution in [-0.4, -0.2) is 9.97 Å². The van der Waals surface area contributed by atoms with Gasteiger partial charge in [0, 0.05) is 6.20 Å². The topological polar surface area (TPSA) is 77.0 Å². The summed E-state index contributed by atoms with van der Waals surface area (Å²) in [5.41, 5.74) is 5.56. The van der Waals surface area contributed by atoms with Crippen molar-refractivity contribution < 1.29 is 4.42 Å². The Morgan fingerprint density at radius 2 is 2.19 bits per heavy atom. The zero-order valence-electron chi connectivity index (χ0n) is 9.27. The molecule has 0 radical (unpaired) electrons. The summed E-state index contributed by atoms with van der Waals surface area (Å²) < 4.78 is 5.50. The molecule has 0 aliphatic heterocycles. The Bertz CT molecular complexity index is 480. The fraction of sp³-hybridized carbons (Fsp3) is 0.273. The van der Waals surface area contributed by atoms with E-state index in [0.29, 0.717) is 11.8 Å². The molecule has 0 bridgehead atoms. The number of aromatic nitrogens is 2. The lowest BCUT2D eigenvalue weighted by molar-refractivity contribution is 0.466. The first kappa shape index (κ1) is 10.5. The van der Waals surface area contributed by atoms with Crippen LogP contribution in [0.3, 0.4) is 0 Å². The summed E-state index contributed by atoms with van der Waals surface area (Å²) in [7, 11) is 0. The van der Waals surface area contributed by atoms with E-state index in [1.165, 1.54) is 0 Å². The standard InChI is InChI=1S/C11H14N4O/c1-7-3-4-9(16-7)8(2)14-11-13-6-5-10(12)15-11/h3-6,8H,1-2H3,(H3,12,13,14,15). The second kappa shape index (κ2) is 4.22. The van der Waals surface area contributed by atoms with Gasteiger partial charge in [0.05, 0.1) is 6.04 Å². The van der Waals surface area contributed by atoms with Crippen LogP contribution in [-0.2, 0) is 0 Å². The lowest BCUT2D eigenvalue weighted by atomic mass is 10.2. The number of rotatable bonds is 3. The van der Waals surface area contributed by atoms with Crippen LogP contribution in [0.1, 0.15) is 24.5 Å². The largest absolute Gasteiger partial charge is 0.464 e. The van der Waals surface area contributed by atoms with Crippen molar-refractivity contribution in [2.24, 2.45) is 0 Å². The van der Waals surface area contributed by atoms with Crippen molar-refractivity contribution in [3.63, 3.8) is 0 Å². The number of aryl methyl sites for hydroxylation is 1. The van der Waals surface area contributed by atoms with E-state index in [-0.39, 0.29) is 6.04 Å². The van der Waals surface area contributed by atoms with Gasteiger partial charge in [-0.15, -0.1) is 0 Å². The Kier molecular flexibility index (Phi) is 2.76. The summed E-state index contributed by atoms with van der Waals surface area (Å²) in [6, 6.07) is 5.51. The first-order chi connectivity index (χ1) is 7.65. The maximum atomic E-state index is 5.56. The average Bonchev–Trinajstić information content (AvgIpc) is 2.65. The number of furan rings is 1. The van der Waals surface area contributed by atoms with E-state index in [9.17, 15) is 0 Å². The zero-order valence-corrected chi connectivity index (χ0v) is 9.27. The smallest absolute Gasteiger partial charge is 0.225 e. The van der Waals surface area contributed by atoms with Crippen LogP contribution in [0.15, 0.2) is 28.8 Å². The molecule has 5 heteroatoms. The molecular formula is C11H14N4O. The molecule has 2 rings (SSSR count). The molecule has 3 N–H and O–H groups in total. The molecule has 2 heterocycles. The van der Waals surface area contributed by atoms with Gasteiger partial charge in [-0.25, -0.2) is 4.98 Å². The number of anilines is 2. The van der Waals surface area contributed by atoms with Gasteiger partial charge in [-0.1, -0.05) is 0 Å². The van der Waals surface area contributed by atoms with Gasteiger partial charge in [-0.3, -0.25) is 0 Å². The second-order valence-electron chi connectivity index (χ2n) is 3.62. The third-order valence-electron chi connectivity index (χ3n) is 2.21. The van der Waals surface area contributed by atoms with Crippen LogP contribution in [0.25, 0.3) is 0 Å². The van der Waals surface area contributed by atoms with Gasteiger partial charge < -0.3 is 15.5 Å². The fourth-order valence-electron chi connectivity index (χ4n) is 1.39. The maximum absolute atomic E-state index is 5.56. The summed E-state index contributed by atoms with van der Waals surface area (Å²) in [6.07, 6.45) is 1.62. The SMILES string of the molecule is Cc1ccc(C(C)Nc2nccc(N)n2)o1. The van der Waals surface area contributed by atoms with Gasteiger partial charge in [0.25, 0.3) is 0 Å². The molecule has 1 unspecified atom stereocenters. The van der Waals surface area contributed by atoms with Gasteiger partial charge in [0.1, 0.15) is 17.3 Å². The monoisotopic (exact) mass is 218 g/mol. The molecule has 2 aromatic rings. The zero-order chi connectivity index (χ0) is 11.5. The van der Waals surface area contributed by atoms with E-state index in [0.717, 1.165) is 11.5 Å². The van der Waals surface area contributed by atoms with Crippen molar-refractivity contribution >= 4 is 11.8 Å². The highest BCUT2D eigenvalue weighted by Gasteiger charge is 2.10. The molecular weight excluding hydrogens is 204 g/mol. The van der Waals surface area contributed by atoms with Crippen LogP contribution >= 0.6 is 0 Å². The van der Waals surface area contributed by atoms with E-state index in [1.807, 2.05) is 26.0 Å². The number of nitrogens with two attached hydrogens (primary N) is 1. The van der Waals surface area contributed by atoms with Gasteiger partial charge in [-0.2, -0.15) is 4.98 Å². The highest BCUT2D eigenvalue weighted by Crippen LogP contribution is 2.19. The predicted molar refractivity (Wildman–Crippen MR) is 61.9 cm³/mol. The molecule has 1 atom stereocenters. The number of nitrogen functional groups attached to an aromatic ring is 1. The average molecular weight is 218 g/mol.